The van der Waals surface area contributed by atoms with Crippen molar-refractivity contribution in [3.05, 3.63) is 33.9 Å². The number of benzene rings is 1. The van der Waals surface area contributed by atoms with E-state index in [9.17, 15) is 10.1 Å². The number of ether oxygens (including phenoxy) is 1. The number of nitro groups is 1. The summed E-state index contributed by atoms with van der Waals surface area (Å²) in [5, 5.41) is 19.7. The van der Waals surface area contributed by atoms with E-state index in [1.807, 2.05) is 6.07 Å². The first-order valence-electron chi connectivity index (χ1n) is 6.67. The Morgan fingerprint density at radius 3 is 2.85 bits per heavy atom. The molecule has 1 saturated carbocycles. The minimum atomic E-state index is -0.522. The Bertz CT molecular complexity index is 539. The number of non-ortho nitro benzene ring substituents is 1. The Morgan fingerprint density at radius 2 is 2.20 bits per heavy atom. The first-order valence-corrected chi connectivity index (χ1v) is 6.67. The smallest absolute Gasteiger partial charge is 0.271 e. The van der Waals surface area contributed by atoms with Crippen LogP contribution in [0.5, 0.6) is 5.75 Å². The third-order valence-corrected chi connectivity index (χ3v) is 3.87. The van der Waals surface area contributed by atoms with Crippen molar-refractivity contribution in [2.24, 2.45) is 17.6 Å². The van der Waals surface area contributed by atoms with Gasteiger partial charge in [-0.3, -0.25) is 10.1 Å². The Hall–Kier alpha value is -2.13. The van der Waals surface area contributed by atoms with Gasteiger partial charge in [-0.2, -0.15) is 5.26 Å². The molecule has 1 fully saturated rings. The van der Waals surface area contributed by atoms with Crippen LogP contribution in [0.3, 0.4) is 0 Å². The van der Waals surface area contributed by atoms with Gasteiger partial charge in [0.1, 0.15) is 17.4 Å². The van der Waals surface area contributed by atoms with Crippen LogP contribution < -0.4 is 10.5 Å². The summed E-state index contributed by atoms with van der Waals surface area (Å²) in [5.41, 5.74) is 5.81. The average molecular weight is 275 g/mol. The fourth-order valence-electron chi connectivity index (χ4n) is 2.68. The largest absolute Gasteiger partial charge is 0.492 e. The monoisotopic (exact) mass is 275 g/mol. The lowest BCUT2D eigenvalue weighted by atomic mass is 9.97. The molecule has 2 N–H and O–H groups in total. The maximum atomic E-state index is 10.7. The Balaban J connectivity index is 2.06. The van der Waals surface area contributed by atoms with Gasteiger partial charge in [-0.1, -0.05) is 6.42 Å². The Kier molecular flexibility index (Phi) is 4.53. The van der Waals surface area contributed by atoms with Gasteiger partial charge in [0.25, 0.3) is 5.69 Å². The van der Waals surface area contributed by atoms with Crippen molar-refractivity contribution in [2.75, 3.05) is 13.2 Å². The SMILES string of the molecule is N#Cc1cc([N+](=O)[O-])ccc1OCC1CCCC1CN. The van der Waals surface area contributed by atoms with Crippen molar-refractivity contribution in [1.29, 1.82) is 5.26 Å². The van der Waals surface area contributed by atoms with Gasteiger partial charge in [-0.25, -0.2) is 0 Å². The van der Waals surface area contributed by atoms with Crippen LogP contribution >= 0.6 is 0 Å². The Labute approximate surface area is 117 Å². The molecular weight excluding hydrogens is 258 g/mol. The minimum Gasteiger partial charge on any atom is -0.492 e. The second-order valence-electron chi connectivity index (χ2n) is 5.05. The molecule has 6 nitrogen and oxygen atoms in total. The second-order valence-corrected chi connectivity index (χ2v) is 5.05. The highest BCUT2D eigenvalue weighted by Gasteiger charge is 2.26. The molecule has 0 aromatic heterocycles. The van der Waals surface area contributed by atoms with Crippen molar-refractivity contribution >= 4 is 5.69 Å². The third-order valence-electron chi connectivity index (χ3n) is 3.87. The molecule has 0 radical (unpaired) electrons. The fraction of sp³-hybridized carbons (Fsp3) is 0.500. The summed E-state index contributed by atoms with van der Waals surface area (Å²) >= 11 is 0. The molecule has 2 atom stereocenters. The van der Waals surface area contributed by atoms with E-state index in [2.05, 4.69) is 0 Å². The van der Waals surface area contributed by atoms with E-state index in [4.69, 9.17) is 15.7 Å². The van der Waals surface area contributed by atoms with Crippen LogP contribution in [0.25, 0.3) is 0 Å². The molecule has 0 saturated heterocycles. The van der Waals surface area contributed by atoms with Crippen LogP contribution in [0.2, 0.25) is 0 Å². The average Bonchev–Trinajstić information content (AvgIpc) is 2.92. The summed E-state index contributed by atoms with van der Waals surface area (Å²) in [6, 6.07) is 6.02. The molecular formula is C14H17N3O3. The van der Waals surface area contributed by atoms with E-state index in [0.717, 1.165) is 19.3 Å². The summed E-state index contributed by atoms with van der Waals surface area (Å²) < 4.78 is 5.68. The highest BCUT2D eigenvalue weighted by molar-refractivity contribution is 5.50. The molecule has 0 bridgehead atoms. The van der Waals surface area contributed by atoms with Gasteiger partial charge < -0.3 is 10.5 Å². The summed E-state index contributed by atoms with van der Waals surface area (Å²) in [6.07, 6.45) is 3.36. The fourth-order valence-corrected chi connectivity index (χ4v) is 2.68. The molecule has 0 amide bonds. The zero-order valence-electron chi connectivity index (χ0n) is 11.1. The molecule has 106 valence electrons. The highest BCUT2D eigenvalue weighted by atomic mass is 16.6. The normalized spacial score (nSPS) is 21.4. The van der Waals surface area contributed by atoms with Gasteiger partial charge in [-0.15, -0.1) is 0 Å². The lowest BCUT2D eigenvalue weighted by Crippen LogP contribution is -2.23. The lowest BCUT2D eigenvalue weighted by Gasteiger charge is -2.18. The zero-order chi connectivity index (χ0) is 14.5. The molecule has 0 aliphatic heterocycles. The topological polar surface area (TPSA) is 102 Å². The standard InChI is InChI=1S/C14H17N3O3/c15-7-10-2-1-3-11(10)9-20-14-5-4-13(17(18)19)6-12(14)8-16/h4-6,10-11H,1-3,7,9,15H2. The number of nitriles is 1. The third kappa shape index (κ3) is 3.06. The molecule has 1 aromatic rings. The predicted molar refractivity (Wildman–Crippen MR) is 73.2 cm³/mol. The van der Waals surface area contributed by atoms with Crippen LogP contribution in [0.4, 0.5) is 5.69 Å². The second kappa shape index (κ2) is 6.35. The first kappa shape index (κ1) is 14.3. The van der Waals surface area contributed by atoms with Crippen LogP contribution in [-0.2, 0) is 0 Å². The molecule has 0 heterocycles. The van der Waals surface area contributed by atoms with E-state index in [1.165, 1.54) is 18.2 Å². The molecule has 0 spiro atoms. The van der Waals surface area contributed by atoms with E-state index in [1.54, 1.807) is 0 Å². The molecule has 1 aliphatic rings. The van der Waals surface area contributed by atoms with Crippen LogP contribution in [0.15, 0.2) is 18.2 Å². The quantitative estimate of drug-likeness (QED) is 0.655. The molecule has 2 unspecified atom stereocenters. The van der Waals surface area contributed by atoms with E-state index in [-0.39, 0.29) is 11.3 Å². The molecule has 6 heteroatoms. The van der Waals surface area contributed by atoms with Gasteiger partial charge in [0.15, 0.2) is 0 Å². The van der Waals surface area contributed by atoms with Crippen LogP contribution in [-0.4, -0.2) is 18.1 Å². The van der Waals surface area contributed by atoms with Crippen molar-refractivity contribution < 1.29 is 9.66 Å². The number of nitro benzene ring substituents is 1. The Morgan fingerprint density at radius 1 is 1.45 bits per heavy atom. The van der Waals surface area contributed by atoms with Gasteiger partial charge in [-0.05, 0) is 37.3 Å². The van der Waals surface area contributed by atoms with Crippen molar-refractivity contribution in [3.63, 3.8) is 0 Å². The maximum absolute atomic E-state index is 10.7. The van der Waals surface area contributed by atoms with Gasteiger partial charge in [0.2, 0.25) is 0 Å². The van der Waals surface area contributed by atoms with Crippen molar-refractivity contribution in [1.82, 2.24) is 0 Å². The number of nitrogens with zero attached hydrogens (tertiary/aromatic N) is 2. The first-order chi connectivity index (χ1) is 9.65. The molecule has 2 rings (SSSR count). The number of nitrogens with two attached hydrogens (primary N) is 1. The van der Waals surface area contributed by atoms with Gasteiger partial charge in [0.05, 0.1) is 11.5 Å². The van der Waals surface area contributed by atoms with Crippen molar-refractivity contribution in [2.45, 2.75) is 19.3 Å². The predicted octanol–water partition coefficient (Wildman–Crippen LogP) is 2.22. The number of rotatable bonds is 5. The van der Waals surface area contributed by atoms with Gasteiger partial charge in [0, 0.05) is 12.1 Å². The summed E-state index contributed by atoms with van der Waals surface area (Å²) in [4.78, 5) is 10.1. The molecule has 1 aliphatic carbocycles. The summed E-state index contributed by atoms with van der Waals surface area (Å²) in [5.74, 6) is 1.28. The van der Waals surface area contributed by atoms with Crippen molar-refractivity contribution in [3.8, 4) is 11.8 Å². The van der Waals surface area contributed by atoms with E-state index in [0.29, 0.717) is 30.7 Å². The van der Waals surface area contributed by atoms with Crippen LogP contribution in [0.1, 0.15) is 24.8 Å². The number of hydrogen-bond acceptors (Lipinski definition) is 5. The van der Waals surface area contributed by atoms with E-state index >= 15 is 0 Å². The highest BCUT2D eigenvalue weighted by Crippen LogP contribution is 2.32. The summed E-state index contributed by atoms with van der Waals surface area (Å²) in [7, 11) is 0. The number of hydrogen-bond donors (Lipinski definition) is 1. The summed E-state index contributed by atoms with van der Waals surface area (Å²) in [6.45, 7) is 1.16. The van der Waals surface area contributed by atoms with Gasteiger partial charge >= 0.3 is 0 Å². The van der Waals surface area contributed by atoms with Crippen LogP contribution in [0, 0.1) is 33.3 Å². The molecule has 20 heavy (non-hydrogen) atoms. The minimum absolute atomic E-state index is 0.102. The lowest BCUT2D eigenvalue weighted by molar-refractivity contribution is -0.384. The van der Waals surface area contributed by atoms with E-state index < -0.39 is 4.92 Å². The maximum Gasteiger partial charge on any atom is 0.271 e. The zero-order valence-corrected chi connectivity index (χ0v) is 11.1. The molecule has 1 aromatic carbocycles.